The van der Waals surface area contributed by atoms with Crippen molar-refractivity contribution < 1.29 is 19.4 Å². The summed E-state index contributed by atoms with van der Waals surface area (Å²) in [4.78, 5) is 13.3. The molecule has 8 nitrogen and oxygen atoms in total. The third-order valence-electron chi connectivity index (χ3n) is 6.85. The second-order valence-electron chi connectivity index (χ2n) is 9.23. The fourth-order valence-electron chi connectivity index (χ4n) is 5.04. The van der Waals surface area contributed by atoms with Crippen LogP contribution in [-0.4, -0.2) is 43.7 Å². The van der Waals surface area contributed by atoms with Crippen molar-refractivity contribution in [3.8, 4) is 39.7 Å². The number of aromatic nitrogens is 4. The second-order valence-corrected chi connectivity index (χ2v) is 10.0. The Morgan fingerprint density at radius 1 is 1.25 bits per heavy atom. The molecule has 1 N–H and O–H groups in total. The number of aryl methyl sites for hydroxylation is 1. The van der Waals surface area contributed by atoms with Crippen molar-refractivity contribution >= 4 is 17.1 Å². The zero-order valence-corrected chi connectivity index (χ0v) is 20.9. The highest BCUT2D eigenvalue weighted by Crippen LogP contribution is 2.46. The molecule has 0 spiro atoms. The smallest absolute Gasteiger partial charge is 0.206 e. The van der Waals surface area contributed by atoms with Crippen LogP contribution in [0.4, 0.5) is 0 Å². The van der Waals surface area contributed by atoms with E-state index in [-0.39, 0.29) is 24.4 Å². The largest absolute Gasteiger partial charge is 0.496 e. The molecule has 36 heavy (non-hydrogen) atoms. The van der Waals surface area contributed by atoms with Gasteiger partial charge >= 0.3 is 0 Å². The Kier molecular flexibility index (Phi) is 5.73. The average Bonchev–Trinajstić information content (AvgIpc) is 3.68. The van der Waals surface area contributed by atoms with E-state index in [1.807, 2.05) is 59.0 Å². The summed E-state index contributed by atoms with van der Waals surface area (Å²) in [5, 5.41) is 23.2. The van der Waals surface area contributed by atoms with Gasteiger partial charge in [0.05, 0.1) is 30.3 Å². The van der Waals surface area contributed by atoms with Gasteiger partial charge in [0.1, 0.15) is 23.8 Å². The summed E-state index contributed by atoms with van der Waals surface area (Å²) in [5.41, 5.74) is 5.31. The molecule has 4 heterocycles. The lowest BCUT2D eigenvalue weighted by molar-refractivity contribution is 0.103. The molecule has 184 valence electrons. The molecule has 0 saturated heterocycles. The molecule has 3 aromatic heterocycles. The number of benzene rings is 1. The minimum atomic E-state index is -0.282. The number of rotatable bonds is 6. The molecule has 9 heteroatoms. The summed E-state index contributed by atoms with van der Waals surface area (Å²) in [5.74, 6) is 1.39. The maximum absolute atomic E-state index is 13.3. The van der Waals surface area contributed by atoms with E-state index in [1.165, 1.54) is 0 Å². The van der Waals surface area contributed by atoms with Crippen LogP contribution in [-0.2, 0) is 13.7 Å². The number of thiophene rings is 1. The van der Waals surface area contributed by atoms with Gasteiger partial charge in [-0.15, -0.1) is 0 Å². The lowest BCUT2D eigenvalue weighted by Crippen LogP contribution is -2.10. The number of hydrogen-bond donors (Lipinski definition) is 1. The summed E-state index contributed by atoms with van der Waals surface area (Å²) in [6, 6.07) is 7.80. The van der Waals surface area contributed by atoms with Crippen LogP contribution >= 0.6 is 11.3 Å². The minimum absolute atomic E-state index is 0.160. The molecule has 0 amide bonds. The number of nitrogens with zero attached hydrogens (tertiary/aromatic N) is 4. The first-order valence-electron chi connectivity index (χ1n) is 11.9. The third kappa shape index (κ3) is 3.94. The molecule has 4 aromatic rings. The van der Waals surface area contributed by atoms with Gasteiger partial charge in [-0.25, -0.2) is 4.68 Å². The summed E-state index contributed by atoms with van der Waals surface area (Å²) in [6.45, 7) is 0.232. The van der Waals surface area contributed by atoms with E-state index in [4.69, 9.17) is 14.6 Å². The van der Waals surface area contributed by atoms with Crippen LogP contribution in [0.2, 0.25) is 0 Å². The van der Waals surface area contributed by atoms with Gasteiger partial charge in [-0.05, 0) is 54.8 Å². The number of carbonyl (C=O) groups is 1. The van der Waals surface area contributed by atoms with Crippen molar-refractivity contribution in [1.29, 1.82) is 0 Å². The Hall–Kier alpha value is -3.69. The third-order valence-corrected chi connectivity index (χ3v) is 7.52. The Morgan fingerprint density at radius 2 is 2.14 bits per heavy atom. The SMILES string of the molecule is COc1cc2c(cc1-c1ccn(C)n1)-c1c(c(C(=O)/C=C/[C@H]3CC[C@@H](O)C3)nn1-c1ccsc1)CO2. The van der Waals surface area contributed by atoms with Crippen molar-refractivity contribution in [2.75, 3.05) is 7.11 Å². The Labute approximate surface area is 212 Å². The summed E-state index contributed by atoms with van der Waals surface area (Å²) >= 11 is 1.57. The normalized spacial score (nSPS) is 18.8. The molecular weight excluding hydrogens is 476 g/mol. The van der Waals surface area contributed by atoms with Crippen LogP contribution in [0.15, 0.2) is 53.4 Å². The molecule has 1 fully saturated rings. The maximum atomic E-state index is 13.3. The van der Waals surface area contributed by atoms with Gasteiger partial charge < -0.3 is 14.6 Å². The van der Waals surface area contributed by atoms with Gasteiger partial charge in [0.15, 0.2) is 0 Å². The molecule has 0 radical (unpaired) electrons. The fraction of sp³-hybridized carbons (Fsp3) is 0.296. The monoisotopic (exact) mass is 502 g/mol. The van der Waals surface area contributed by atoms with E-state index in [1.54, 1.807) is 29.2 Å². The second kappa shape index (κ2) is 9.07. The standard InChI is InChI=1S/C27H26N4O4S/c1-30-9-7-22(28-30)19-12-20-25(13-24(19)34-2)35-14-21-26(23(33)6-4-16-3-5-18(32)11-16)29-31(27(20)21)17-8-10-36-15-17/h4,6-10,12-13,15-16,18,32H,3,5,11,14H2,1-2H3/b6-4+/t16-,18-/m1/s1. The molecule has 1 aliphatic carbocycles. The van der Waals surface area contributed by atoms with Crippen LogP contribution in [0.1, 0.15) is 35.3 Å². The lowest BCUT2D eigenvalue weighted by atomic mass is 9.97. The van der Waals surface area contributed by atoms with Crippen LogP contribution in [0.25, 0.3) is 28.2 Å². The van der Waals surface area contributed by atoms with Crippen LogP contribution in [0.5, 0.6) is 11.5 Å². The van der Waals surface area contributed by atoms with E-state index in [0.29, 0.717) is 23.6 Å². The molecule has 2 aliphatic rings. The average molecular weight is 503 g/mol. The first-order valence-corrected chi connectivity index (χ1v) is 12.9. The van der Waals surface area contributed by atoms with Gasteiger partial charge in [-0.2, -0.15) is 21.5 Å². The summed E-state index contributed by atoms with van der Waals surface area (Å²) in [7, 11) is 3.50. The minimum Gasteiger partial charge on any atom is -0.496 e. The Morgan fingerprint density at radius 3 is 2.83 bits per heavy atom. The molecule has 0 bridgehead atoms. The Bertz CT molecular complexity index is 1470. The van der Waals surface area contributed by atoms with Gasteiger partial charge in [-0.1, -0.05) is 6.08 Å². The van der Waals surface area contributed by atoms with E-state index < -0.39 is 0 Å². The highest BCUT2D eigenvalue weighted by Gasteiger charge is 2.31. The quantitative estimate of drug-likeness (QED) is 0.301. The van der Waals surface area contributed by atoms with Crippen molar-refractivity contribution in [3.63, 3.8) is 0 Å². The summed E-state index contributed by atoms with van der Waals surface area (Å²) < 4.78 is 15.4. The zero-order chi connectivity index (χ0) is 24.8. The number of ketones is 1. The van der Waals surface area contributed by atoms with Crippen molar-refractivity contribution in [2.45, 2.75) is 32.0 Å². The number of ether oxygens (including phenoxy) is 2. The van der Waals surface area contributed by atoms with Crippen molar-refractivity contribution in [1.82, 2.24) is 19.6 Å². The fourth-order valence-corrected chi connectivity index (χ4v) is 5.65. The van der Waals surface area contributed by atoms with E-state index >= 15 is 0 Å². The van der Waals surface area contributed by atoms with E-state index in [0.717, 1.165) is 46.6 Å². The topological polar surface area (TPSA) is 91.4 Å². The van der Waals surface area contributed by atoms with E-state index in [2.05, 4.69) is 5.10 Å². The first kappa shape index (κ1) is 22.8. The van der Waals surface area contributed by atoms with E-state index in [9.17, 15) is 9.90 Å². The van der Waals surface area contributed by atoms with Crippen LogP contribution in [0.3, 0.4) is 0 Å². The van der Waals surface area contributed by atoms with Gasteiger partial charge in [-0.3, -0.25) is 9.48 Å². The van der Waals surface area contributed by atoms with Gasteiger partial charge in [0.25, 0.3) is 0 Å². The lowest BCUT2D eigenvalue weighted by Gasteiger charge is -2.21. The molecular formula is C27H26N4O4S. The summed E-state index contributed by atoms with van der Waals surface area (Å²) in [6.07, 6.45) is 7.48. The maximum Gasteiger partial charge on any atom is 0.206 e. The number of allylic oxidation sites excluding steroid dienone is 2. The molecule has 1 aromatic carbocycles. The number of fused-ring (bicyclic) bond motifs is 3. The van der Waals surface area contributed by atoms with Gasteiger partial charge in [0, 0.05) is 41.4 Å². The number of aliphatic hydroxyl groups excluding tert-OH is 1. The molecule has 2 atom stereocenters. The molecule has 6 rings (SSSR count). The van der Waals surface area contributed by atoms with Crippen LogP contribution < -0.4 is 9.47 Å². The molecule has 1 saturated carbocycles. The molecule has 1 aliphatic heterocycles. The molecule has 0 unspecified atom stereocenters. The first-order chi connectivity index (χ1) is 17.5. The van der Waals surface area contributed by atoms with Crippen molar-refractivity contribution in [3.05, 3.63) is 64.6 Å². The predicted octanol–water partition coefficient (Wildman–Crippen LogP) is 4.80. The Balaban J connectivity index is 1.48. The highest BCUT2D eigenvalue weighted by molar-refractivity contribution is 7.08. The van der Waals surface area contributed by atoms with Crippen LogP contribution in [0, 0.1) is 5.92 Å². The number of hydrogen-bond acceptors (Lipinski definition) is 7. The highest BCUT2D eigenvalue weighted by atomic mass is 32.1. The number of carbonyl (C=O) groups excluding carboxylic acids is 1. The van der Waals surface area contributed by atoms with Gasteiger partial charge in [0.2, 0.25) is 5.78 Å². The van der Waals surface area contributed by atoms with Crippen molar-refractivity contribution in [2.24, 2.45) is 13.0 Å². The predicted molar refractivity (Wildman–Crippen MR) is 137 cm³/mol. The number of aliphatic hydroxyl groups is 1. The number of methoxy groups -OCH3 is 1. The zero-order valence-electron chi connectivity index (χ0n) is 20.0.